The van der Waals surface area contributed by atoms with Crippen molar-refractivity contribution in [3.05, 3.63) is 0 Å². The standard InChI is InChI=1S/C12H26N2/c1-5-11-9-14(8-4)12(6-2,7-3)10-13-11/h11,13H,5-10H2,1-4H3. The summed E-state index contributed by atoms with van der Waals surface area (Å²) in [4.78, 5) is 2.68. The lowest BCUT2D eigenvalue weighted by Crippen LogP contribution is -2.63. The molecule has 0 radical (unpaired) electrons. The molecule has 84 valence electrons. The van der Waals surface area contributed by atoms with E-state index >= 15 is 0 Å². The van der Waals surface area contributed by atoms with E-state index in [1.54, 1.807) is 0 Å². The van der Waals surface area contributed by atoms with Crippen molar-refractivity contribution in [1.29, 1.82) is 0 Å². The Labute approximate surface area is 89.1 Å². The molecular formula is C12H26N2. The normalized spacial score (nSPS) is 27.9. The zero-order valence-corrected chi connectivity index (χ0v) is 10.3. The second kappa shape index (κ2) is 5.13. The minimum Gasteiger partial charge on any atom is -0.311 e. The van der Waals surface area contributed by atoms with Gasteiger partial charge in [-0.15, -0.1) is 0 Å². The van der Waals surface area contributed by atoms with Gasteiger partial charge in [0.1, 0.15) is 0 Å². The molecule has 0 saturated carbocycles. The average molecular weight is 198 g/mol. The smallest absolute Gasteiger partial charge is 0.0329 e. The molecule has 0 bridgehead atoms. The van der Waals surface area contributed by atoms with Gasteiger partial charge in [-0.3, -0.25) is 4.90 Å². The van der Waals surface area contributed by atoms with Crippen LogP contribution in [0.25, 0.3) is 0 Å². The second-order valence-corrected chi connectivity index (χ2v) is 4.46. The summed E-state index contributed by atoms with van der Waals surface area (Å²) in [6.45, 7) is 12.8. The van der Waals surface area contributed by atoms with E-state index in [2.05, 4.69) is 37.9 Å². The maximum Gasteiger partial charge on any atom is 0.0329 e. The second-order valence-electron chi connectivity index (χ2n) is 4.46. The topological polar surface area (TPSA) is 15.3 Å². The zero-order chi connectivity index (χ0) is 10.6. The Bertz CT molecular complexity index is 164. The number of rotatable bonds is 4. The molecule has 0 spiro atoms. The molecule has 2 nitrogen and oxygen atoms in total. The number of piperazine rings is 1. The first-order valence-electron chi connectivity index (χ1n) is 6.20. The molecule has 1 aliphatic heterocycles. The summed E-state index contributed by atoms with van der Waals surface area (Å²) in [5.41, 5.74) is 0.431. The number of hydrogen-bond donors (Lipinski definition) is 1. The van der Waals surface area contributed by atoms with Crippen LogP contribution in [0, 0.1) is 0 Å². The monoisotopic (exact) mass is 198 g/mol. The highest BCUT2D eigenvalue weighted by Gasteiger charge is 2.37. The van der Waals surface area contributed by atoms with Crippen LogP contribution < -0.4 is 5.32 Å². The van der Waals surface area contributed by atoms with Crippen molar-refractivity contribution >= 4 is 0 Å². The highest BCUT2D eigenvalue weighted by atomic mass is 15.3. The summed E-state index contributed by atoms with van der Waals surface area (Å²) in [5, 5.41) is 3.68. The fourth-order valence-corrected chi connectivity index (χ4v) is 2.66. The third-order valence-corrected chi connectivity index (χ3v) is 4.02. The third-order valence-electron chi connectivity index (χ3n) is 4.02. The molecule has 0 aromatic carbocycles. The zero-order valence-electron chi connectivity index (χ0n) is 10.3. The molecule has 1 N–H and O–H groups in total. The van der Waals surface area contributed by atoms with Gasteiger partial charge in [-0.05, 0) is 25.8 Å². The fraction of sp³-hybridized carbons (Fsp3) is 1.00. The Hall–Kier alpha value is -0.0800. The van der Waals surface area contributed by atoms with Gasteiger partial charge >= 0.3 is 0 Å². The first-order chi connectivity index (χ1) is 6.72. The van der Waals surface area contributed by atoms with E-state index in [0.717, 1.165) is 0 Å². The van der Waals surface area contributed by atoms with Gasteiger partial charge in [-0.25, -0.2) is 0 Å². The van der Waals surface area contributed by atoms with Gasteiger partial charge in [0.2, 0.25) is 0 Å². The summed E-state index contributed by atoms with van der Waals surface area (Å²) < 4.78 is 0. The number of nitrogens with one attached hydrogen (secondary N) is 1. The first kappa shape index (κ1) is 12.0. The van der Waals surface area contributed by atoms with E-state index in [1.807, 2.05) is 0 Å². The molecular weight excluding hydrogens is 172 g/mol. The van der Waals surface area contributed by atoms with Crippen LogP contribution in [0.1, 0.15) is 47.0 Å². The lowest BCUT2D eigenvalue weighted by atomic mass is 9.87. The molecule has 1 atom stereocenters. The van der Waals surface area contributed by atoms with Crippen LogP contribution in [-0.4, -0.2) is 36.1 Å². The molecule has 14 heavy (non-hydrogen) atoms. The summed E-state index contributed by atoms with van der Waals surface area (Å²) in [7, 11) is 0. The first-order valence-corrected chi connectivity index (χ1v) is 6.20. The van der Waals surface area contributed by atoms with Gasteiger partial charge in [0, 0.05) is 24.7 Å². The Morgan fingerprint density at radius 3 is 2.29 bits per heavy atom. The Morgan fingerprint density at radius 1 is 1.21 bits per heavy atom. The predicted molar refractivity (Wildman–Crippen MR) is 62.6 cm³/mol. The molecule has 1 saturated heterocycles. The van der Waals surface area contributed by atoms with Crippen molar-refractivity contribution in [2.24, 2.45) is 0 Å². The molecule has 1 heterocycles. The number of nitrogens with zero attached hydrogens (tertiary/aromatic N) is 1. The van der Waals surface area contributed by atoms with Gasteiger partial charge < -0.3 is 5.32 Å². The van der Waals surface area contributed by atoms with Crippen molar-refractivity contribution in [2.75, 3.05) is 19.6 Å². The highest BCUT2D eigenvalue weighted by molar-refractivity contribution is 4.96. The molecule has 1 unspecified atom stereocenters. The molecule has 1 fully saturated rings. The Morgan fingerprint density at radius 2 is 1.86 bits per heavy atom. The van der Waals surface area contributed by atoms with E-state index < -0.39 is 0 Å². The van der Waals surface area contributed by atoms with Gasteiger partial charge in [0.05, 0.1) is 0 Å². The maximum atomic E-state index is 3.68. The maximum absolute atomic E-state index is 3.68. The predicted octanol–water partition coefficient (Wildman–Crippen LogP) is 2.25. The molecule has 0 aliphatic carbocycles. The van der Waals surface area contributed by atoms with Crippen LogP contribution in [0.4, 0.5) is 0 Å². The average Bonchev–Trinajstić information content (AvgIpc) is 2.28. The van der Waals surface area contributed by atoms with Crippen molar-refractivity contribution in [3.8, 4) is 0 Å². The summed E-state index contributed by atoms with van der Waals surface area (Å²) in [6, 6.07) is 0.709. The third kappa shape index (κ3) is 2.12. The molecule has 2 heteroatoms. The van der Waals surface area contributed by atoms with Crippen LogP contribution in [0.15, 0.2) is 0 Å². The summed E-state index contributed by atoms with van der Waals surface area (Å²) >= 11 is 0. The molecule has 1 rings (SSSR count). The summed E-state index contributed by atoms with van der Waals surface area (Å²) in [6.07, 6.45) is 3.78. The summed E-state index contributed by atoms with van der Waals surface area (Å²) in [5.74, 6) is 0. The van der Waals surface area contributed by atoms with Crippen molar-refractivity contribution < 1.29 is 0 Å². The molecule has 1 aliphatic rings. The molecule has 0 aromatic heterocycles. The van der Waals surface area contributed by atoms with Gasteiger partial charge in [-0.2, -0.15) is 0 Å². The van der Waals surface area contributed by atoms with E-state index in [1.165, 1.54) is 38.9 Å². The Balaban J connectivity index is 2.68. The fourth-order valence-electron chi connectivity index (χ4n) is 2.66. The van der Waals surface area contributed by atoms with Gasteiger partial charge in [0.25, 0.3) is 0 Å². The number of likely N-dealkylation sites (N-methyl/N-ethyl adjacent to an activating group) is 1. The van der Waals surface area contributed by atoms with Crippen molar-refractivity contribution in [2.45, 2.75) is 58.5 Å². The Kier molecular flexibility index (Phi) is 4.39. The lowest BCUT2D eigenvalue weighted by Gasteiger charge is -2.49. The van der Waals surface area contributed by atoms with Crippen LogP contribution in [-0.2, 0) is 0 Å². The van der Waals surface area contributed by atoms with Crippen molar-refractivity contribution in [1.82, 2.24) is 10.2 Å². The highest BCUT2D eigenvalue weighted by Crippen LogP contribution is 2.26. The SMILES string of the molecule is CCC1CN(CC)C(CC)(CC)CN1. The van der Waals surface area contributed by atoms with Crippen LogP contribution in [0.3, 0.4) is 0 Å². The minimum absolute atomic E-state index is 0.431. The minimum atomic E-state index is 0.431. The van der Waals surface area contributed by atoms with Crippen LogP contribution >= 0.6 is 0 Å². The molecule has 0 amide bonds. The van der Waals surface area contributed by atoms with E-state index in [0.29, 0.717) is 11.6 Å². The lowest BCUT2D eigenvalue weighted by molar-refractivity contribution is 0.0358. The number of hydrogen-bond acceptors (Lipinski definition) is 2. The quantitative estimate of drug-likeness (QED) is 0.745. The molecule has 0 aromatic rings. The van der Waals surface area contributed by atoms with Gasteiger partial charge in [-0.1, -0.05) is 27.7 Å². The van der Waals surface area contributed by atoms with E-state index in [-0.39, 0.29) is 0 Å². The van der Waals surface area contributed by atoms with Crippen LogP contribution in [0.5, 0.6) is 0 Å². The van der Waals surface area contributed by atoms with E-state index in [4.69, 9.17) is 0 Å². The van der Waals surface area contributed by atoms with Gasteiger partial charge in [0.15, 0.2) is 0 Å². The van der Waals surface area contributed by atoms with Crippen molar-refractivity contribution in [3.63, 3.8) is 0 Å². The largest absolute Gasteiger partial charge is 0.311 e. The van der Waals surface area contributed by atoms with E-state index in [9.17, 15) is 0 Å². The van der Waals surface area contributed by atoms with Crippen LogP contribution in [0.2, 0.25) is 0 Å².